The normalized spacial score (nSPS) is 25.4. The predicted molar refractivity (Wildman–Crippen MR) is 96.6 cm³/mol. The van der Waals surface area contributed by atoms with Gasteiger partial charge in [-0.1, -0.05) is 0 Å². The highest BCUT2D eigenvalue weighted by molar-refractivity contribution is 5.42. The van der Waals surface area contributed by atoms with Crippen LogP contribution in [0.15, 0.2) is 36.9 Å². The molecule has 2 atom stereocenters. The number of hydrogen-bond acceptors (Lipinski definition) is 7. The van der Waals surface area contributed by atoms with E-state index in [0.29, 0.717) is 12.5 Å². The van der Waals surface area contributed by atoms with Crippen LogP contribution in [0.25, 0.3) is 0 Å². The second-order valence-electron chi connectivity index (χ2n) is 6.93. The fourth-order valence-corrected chi connectivity index (χ4v) is 3.97. The van der Waals surface area contributed by atoms with Crippen LogP contribution in [0, 0.1) is 5.41 Å². The van der Waals surface area contributed by atoms with Gasteiger partial charge in [0.15, 0.2) is 0 Å². The zero-order chi connectivity index (χ0) is 17.8. The van der Waals surface area contributed by atoms with Crippen LogP contribution >= 0.6 is 0 Å². The highest BCUT2D eigenvalue weighted by Gasteiger charge is 2.47. The molecule has 0 bridgehead atoms. The second kappa shape index (κ2) is 7.45. The average Bonchev–Trinajstić information content (AvgIpc) is 2.72. The van der Waals surface area contributed by atoms with Gasteiger partial charge in [-0.05, 0) is 31.4 Å². The summed E-state index contributed by atoms with van der Waals surface area (Å²) in [6, 6.07) is 5.72. The second-order valence-corrected chi connectivity index (χ2v) is 6.93. The van der Waals surface area contributed by atoms with E-state index in [1.54, 1.807) is 25.8 Å². The monoisotopic (exact) mass is 356 g/mol. The summed E-state index contributed by atoms with van der Waals surface area (Å²) < 4.78 is 17.5. The van der Waals surface area contributed by atoms with Gasteiger partial charge in [-0.3, -0.25) is 4.98 Å². The minimum atomic E-state index is -0.0511. The first-order chi connectivity index (χ1) is 12.8. The molecule has 2 aliphatic rings. The molecular weight excluding hydrogens is 332 g/mol. The first-order valence-electron chi connectivity index (χ1n) is 9.04. The molecule has 0 amide bonds. The number of pyridine rings is 1. The number of rotatable bonds is 5. The third kappa shape index (κ3) is 3.44. The zero-order valence-corrected chi connectivity index (χ0v) is 15.0. The van der Waals surface area contributed by atoms with E-state index in [4.69, 9.17) is 14.2 Å². The first-order valence-corrected chi connectivity index (χ1v) is 9.04. The van der Waals surface area contributed by atoms with Crippen LogP contribution in [-0.2, 0) is 4.74 Å². The molecule has 7 nitrogen and oxygen atoms in total. The molecular formula is C19H24N4O3. The van der Waals surface area contributed by atoms with Gasteiger partial charge in [-0.15, -0.1) is 0 Å². The van der Waals surface area contributed by atoms with E-state index in [0.717, 1.165) is 50.5 Å². The van der Waals surface area contributed by atoms with Gasteiger partial charge in [-0.25, -0.2) is 9.97 Å². The number of aromatic nitrogens is 3. The maximum Gasteiger partial charge on any atom is 0.218 e. The number of methoxy groups -OCH3 is 1. The summed E-state index contributed by atoms with van der Waals surface area (Å²) in [5, 5.41) is 0. The van der Waals surface area contributed by atoms with Gasteiger partial charge in [-0.2, -0.15) is 0 Å². The molecule has 2 saturated heterocycles. The maximum atomic E-state index is 6.12. The van der Waals surface area contributed by atoms with E-state index in [1.807, 2.05) is 18.2 Å². The maximum absolute atomic E-state index is 6.12. The van der Waals surface area contributed by atoms with E-state index in [9.17, 15) is 0 Å². The molecule has 138 valence electrons. The molecule has 0 radical (unpaired) electrons. The molecule has 0 spiro atoms. The van der Waals surface area contributed by atoms with E-state index in [-0.39, 0.29) is 11.5 Å². The molecule has 0 aliphatic carbocycles. The van der Waals surface area contributed by atoms with Crippen LogP contribution in [0.1, 0.15) is 19.3 Å². The van der Waals surface area contributed by atoms with E-state index >= 15 is 0 Å². The van der Waals surface area contributed by atoms with Crippen molar-refractivity contribution in [2.24, 2.45) is 5.41 Å². The Balaban J connectivity index is 1.54. The molecule has 0 aromatic carbocycles. The molecule has 4 rings (SSSR count). The number of hydrogen-bond donors (Lipinski definition) is 0. The van der Waals surface area contributed by atoms with Crippen LogP contribution in [0.4, 0.5) is 5.82 Å². The third-order valence-electron chi connectivity index (χ3n) is 5.31. The summed E-state index contributed by atoms with van der Waals surface area (Å²) in [5.74, 6) is 2.27. The minimum Gasteiger partial charge on any atom is -0.491 e. The van der Waals surface area contributed by atoms with Crippen LogP contribution in [0.2, 0.25) is 0 Å². The van der Waals surface area contributed by atoms with Gasteiger partial charge in [0.2, 0.25) is 5.88 Å². The number of piperidine rings is 1. The smallest absolute Gasteiger partial charge is 0.218 e. The lowest BCUT2D eigenvalue weighted by Gasteiger charge is -2.50. The fourth-order valence-electron chi connectivity index (χ4n) is 3.97. The summed E-state index contributed by atoms with van der Waals surface area (Å²) in [6.45, 7) is 3.19. The van der Waals surface area contributed by atoms with E-state index < -0.39 is 0 Å². The largest absolute Gasteiger partial charge is 0.491 e. The molecule has 2 fully saturated rings. The molecule has 2 aromatic rings. The van der Waals surface area contributed by atoms with Gasteiger partial charge in [0.1, 0.15) is 17.9 Å². The van der Waals surface area contributed by atoms with Gasteiger partial charge in [0, 0.05) is 37.4 Å². The number of nitrogens with zero attached hydrogens (tertiary/aromatic N) is 4. The van der Waals surface area contributed by atoms with Crippen molar-refractivity contribution in [2.75, 3.05) is 38.3 Å². The Labute approximate surface area is 153 Å². The highest BCUT2D eigenvalue weighted by atomic mass is 16.5. The van der Waals surface area contributed by atoms with E-state index in [1.165, 1.54) is 0 Å². The molecule has 4 heterocycles. The SMILES string of the molecule is COc1cc(N2CC[C@@H]3OCCC[C@@]3(COc3cccnc3)C2)ncn1. The van der Waals surface area contributed by atoms with Crippen LogP contribution < -0.4 is 14.4 Å². The molecule has 26 heavy (non-hydrogen) atoms. The van der Waals surface area contributed by atoms with Crippen molar-refractivity contribution in [3.63, 3.8) is 0 Å². The quantitative estimate of drug-likeness (QED) is 0.814. The minimum absolute atomic E-state index is 0.0511. The number of fused-ring (bicyclic) bond motifs is 1. The molecule has 7 heteroatoms. The Hall–Kier alpha value is -2.41. The summed E-state index contributed by atoms with van der Waals surface area (Å²) in [7, 11) is 1.62. The summed E-state index contributed by atoms with van der Waals surface area (Å²) >= 11 is 0. The number of anilines is 1. The Morgan fingerprint density at radius 1 is 1.38 bits per heavy atom. The van der Waals surface area contributed by atoms with Gasteiger partial charge in [0.05, 0.1) is 26.0 Å². The van der Waals surface area contributed by atoms with Crippen molar-refractivity contribution in [2.45, 2.75) is 25.4 Å². The Bertz CT molecular complexity index is 730. The van der Waals surface area contributed by atoms with E-state index in [2.05, 4.69) is 19.9 Å². The van der Waals surface area contributed by atoms with Gasteiger partial charge >= 0.3 is 0 Å². The molecule has 0 N–H and O–H groups in total. The van der Waals surface area contributed by atoms with Crippen LogP contribution in [-0.4, -0.2) is 54.5 Å². The van der Waals surface area contributed by atoms with Crippen LogP contribution in [0.5, 0.6) is 11.6 Å². The Kier molecular flexibility index (Phi) is 4.88. The first kappa shape index (κ1) is 17.0. The molecule has 2 aromatic heterocycles. The molecule has 0 unspecified atom stereocenters. The lowest BCUT2D eigenvalue weighted by molar-refractivity contribution is -0.109. The fraction of sp³-hybridized carbons (Fsp3) is 0.526. The Morgan fingerprint density at radius 3 is 3.19 bits per heavy atom. The van der Waals surface area contributed by atoms with Crippen molar-refractivity contribution in [1.82, 2.24) is 15.0 Å². The van der Waals surface area contributed by atoms with Gasteiger partial charge < -0.3 is 19.1 Å². The zero-order valence-electron chi connectivity index (χ0n) is 15.0. The van der Waals surface area contributed by atoms with Crippen molar-refractivity contribution < 1.29 is 14.2 Å². The van der Waals surface area contributed by atoms with Crippen molar-refractivity contribution in [3.8, 4) is 11.6 Å². The van der Waals surface area contributed by atoms with Crippen LogP contribution in [0.3, 0.4) is 0 Å². The standard InChI is InChI=1S/C19H24N4O3/c1-24-18-10-17(21-14-22-18)23-8-5-16-19(12-23,6-3-9-25-16)13-26-15-4-2-7-20-11-15/h2,4,7,10-11,14,16H,3,5-6,8-9,12-13H2,1H3/t16-,19-/m0/s1. The summed E-state index contributed by atoms with van der Waals surface area (Å²) in [4.78, 5) is 15.0. The van der Waals surface area contributed by atoms with Crippen molar-refractivity contribution >= 4 is 5.82 Å². The number of ether oxygens (including phenoxy) is 3. The summed E-state index contributed by atoms with van der Waals surface area (Å²) in [6.07, 6.45) is 8.37. The molecule has 2 aliphatic heterocycles. The third-order valence-corrected chi connectivity index (χ3v) is 5.31. The summed E-state index contributed by atoms with van der Waals surface area (Å²) in [5.41, 5.74) is -0.0511. The van der Waals surface area contributed by atoms with Gasteiger partial charge in [0.25, 0.3) is 0 Å². The Morgan fingerprint density at radius 2 is 2.35 bits per heavy atom. The van der Waals surface area contributed by atoms with Crippen molar-refractivity contribution in [3.05, 3.63) is 36.9 Å². The predicted octanol–water partition coefficient (Wildman–Crippen LogP) is 2.33. The highest BCUT2D eigenvalue weighted by Crippen LogP contribution is 2.41. The lowest BCUT2D eigenvalue weighted by atomic mass is 9.73. The average molecular weight is 356 g/mol. The topological polar surface area (TPSA) is 69.6 Å². The molecule has 0 saturated carbocycles. The van der Waals surface area contributed by atoms with Crippen molar-refractivity contribution in [1.29, 1.82) is 0 Å². The lowest BCUT2D eigenvalue weighted by Crippen LogP contribution is -2.57.